The molecule has 0 amide bonds. The van der Waals surface area contributed by atoms with E-state index in [1.807, 2.05) is 0 Å². The van der Waals surface area contributed by atoms with Crippen molar-refractivity contribution in [1.82, 2.24) is 0 Å². The van der Waals surface area contributed by atoms with Gasteiger partial charge in [-0.3, -0.25) is 0 Å². The first-order chi connectivity index (χ1) is 7.74. The van der Waals surface area contributed by atoms with Crippen LogP contribution in [0.1, 0.15) is 46.0 Å². The van der Waals surface area contributed by atoms with Crippen molar-refractivity contribution < 1.29 is 4.74 Å². The average Bonchev–Trinajstić information content (AvgIpc) is 2.29. The fourth-order valence-electron chi connectivity index (χ4n) is 2.10. The van der Waals surface area contributed by atoms with Gasteiger partial charge in [0.1, 0.15) is 0 Å². The second kappa shape index (κ2) is 10.9. The maximum atomic E-state index is 5.07. The summed E-state index contributed by atoms with van der Waals surface area (Å²) in [7, 11) is 1.78. The standard InChI is InChI=1S/C13H27BrOS/c1-4-7-13(11-14,8-5-2)12-16-10-6-9-15-3/h4-12H2,1-3H3. The molecule has 0 aromatic heterocycles. The van der Waals surface area contributed by atoms with Gasteiger partial charge in [-0.15, -0.1) is 0 Å². The number of rotatable bonds is 11. The van der Waals surface area contributed by atoms with E-state index >= 15 is 0 Å². The molecule has 0 aromatic carbocycles. The average molecular weight is 311 g/mol. The highest BCUT2D eigenvalue weighted by molar-refractivity contribution is 9.09. The molecular formula is C13H27BrOS. The summed E-state index contributed by atoms with van der Waals surface area (Å²) in [5.74, 6) is 2.53. The molecule has 1 nitrogen and oxygen atoms in total. The van der Waals surface area contributed by atoms with E-state index in [1.54, 1.807) is 7.11 Å². The molecule has 16 heavy (non-hydrogen) atoms. The smallest absolute Gasteiger partial charge is 0.0470 e. The third-order valence-electron chi connectivity index (χ3n) is 2.89. The summed E-state index contributed by atoms with van der Waals surface area (Å²) in [5, 5.41) is 1.15. The molecule has 0 bridgehead atoms. The van der Waals surface area contributed by atoms with Crippen molar-refractivity contribution in [2.75, 3.05) is 30.6 Å². The predicted molar refractivity (Wildman–Crippen MR) is 79.9 cm³/mol. The Bertz CT molecular complexity index is 147. The lowest BCUT2D eigenvalue weighted by Crippen LogP contribution is -2.25. The Kier molecular flexibility index (Phi) is 11.5. The van der Waals surface area contributed by atoms with E-state index in [-0.39, 0.29) is 0 Å². The maximum absolute atomic E-state index is 5.07. The first-order valence-corrected chi connectivity index (χ1v) is 8.65. The quantitative estimate of drug-likeness (QED) is 0.403. The van der Waals surface area contributed by atoms with Crippen LogP contribution in [0.25, 0.3) is 0 Å². The van der Waals surface area contributed by atoms with E-state index in [0.717, 1.165) is 11.9 Å². The SMILES string of the molecule is CCCC(CBr)(CCC)CSCCCOC. The van der Waals surface area contributed by atoms with Crippen molar-refractivity contribution in [2.45, 2.75) is 46.0 Å². The minimum absolute atomic E-state index is 0.529. The number of ether oxygens (including phenoxy) is 1. The predicted octanol–water partition coefficient (Wildman–Crippen LogP) is 4.74. The molecule has 0 aliphatic rings. The molecule has 0 saturated heterocycles. The van der Waals surface area contributed by atoms with Gasteiger partial charge >= 0.3 is 0 Å². The second-order valence-corrected chi connectivity index (χ2v) is 6.20. The molecule has 0 fully saturated rings. The summed E-state index contributed by atoms with van der Waals surface area (Å²) in [4.78, 5) is 0. The van der Waals surface area contributed by atoms with E-state index in [0.29, 0.717) is 5.41 Å². The zero-order valence-electron chi connectivity index (χ0n) is 11.1. The van der Waals surface area contributed by atoms with Crippen LogP contribution < -0.4 is 0 Å². The molecule has 0 spiro atoms. The summed E-state index contributed by atoms with van der Waals surface area (Å²) >= 11 is 5.81. The Hall–Kier alpha value is 0.790. The molecule has 0 radical (unpaired) electrons. The molecule has 0 aliphatic carbocycles. The molecule has 0 aromatic rings. The van der Waals surface area contributed by atoms with Crippen molar-refractivity contribution in [3.8, 4) is 0 Å². The maximum Gasteiger partial charge on any atom is 0.0470 e. The molecule has 3 heteroatoms. The van der Waals surface area contributed by atoms with Crippen molar-refractivity contribution in [3.05, 3.63) is 0 Å². The molecule has 0 atom stereocenters. The van der Waals surface area contributed by atoms with E-state index in [2.05, 4.69) is 41.5 Å². The highest BCUT2D eigenvalue weighted by atomic mass is 79.9. The second-order valence-electron chi connectivity index (χ2n) is 4.53. The normalized spacial score (nSPS) is 12.0. The molecule has 98 valence electrons. The summed E-state index contributed by atoms with van der Waals surface area (Å²) in [6.07, 6.45) is 6.47. The summed E-state index contributed by atoms with van der Waals surface area (Å²) in [5.41, 5.74) is 0.529. The summed E-state index contributed by atoms with van der Waals surface area (Å²) < 4.78 is 5.07. The van der Waals surface area contributed by atoms with Crippen LogP contribution in [0.2, 0.25) is 0 Å². The lowest BCUT2D eigenvalue weighted by molar-refractivity contribution is 0.200. The van der Waals surface area contributed by atoms with E-state index in [1.165, 1.54) is 43.6 Å². The molecule has 0 saturated carbocycles. The molecular weight excluding hydrogens is 284 g/mol. The molecule has 0 N–H and O–H groups in total. The van der Waals surface area contributed by atoms with Crippen LogP contribution in [-0.4, -0.2) is 30.6 Å². The number of hydrogen-bond donors (Lipinski definition) is 0. The topological polar surface area (TPSA) is 9.23 Å². The highest BCUT2D eigenvalue weighted by Crippen LogP contribution is 2.35. The van der Waals surface area contributed by atoms with E-state index < -0.39 is 0 Å². The Morgan fingerprint density at radius 2 is 1.81 bits per heavy atom. The Labute approximate surface area is 114 Å². The van der Waals surface area contributed by atoms with Crippen LogP contribution in [-0.2, 0) is 4.74 Å². The van der Waals surface area contributed by atoms with Crippen LogP contribution >= 0.6 is 27.7 Å². The molecule has 0 heterocycles. The van der Waals surface area contributed by atoms with Crippen molar-refractivity contribution in [1.29, 1.82) is 0 Å². The van der Waals surface area contributed by atoms with Crippen LogP contribution in [0.5, 0.6) is 0 Å². The Morgan fingerprint density at radius 3 is 2.25 bits per heavy atom. The number of halogens is 1. The first kappa shape index (κ1) is 16.8. The Morgan fingerprint density at radius 1 is 1.19 bits per heavy atom. The summed E-state index contributed by atoms with van der Waals surface area (Å²) in [6, 6.07) is 0. The monoisotopic (exact) mass is 310 g/mol. The highest BCUT2D eigenvalue weighted by Gasteiger charge is 2.26. The van der Waals surface area contributed by atoms with Gasteiger partial charge in [0, 0.05) is 19.0 Å². The van der Waals surface area contributed by atoms with E-state index in [9.17, 15) is 0 Å². The minimum Gasteiger partial charge on any atom is -0.385 e. The van der Waals surface area contributed by atoms with Gasteiger partial charge in [-0.1, -0.05) is 42.6 Å². The van der Waals surface area contributed by atoms with Gasteiger partial charge in [0.2, 0.25) is 0 Å². The minimum atomic E-state index is 0.529. The number of alkyl halides is 1. The van der Waals surface area contributed by atoms with Crippen LogP contribution in [0.4, 0.5) is 0 Å². The van der Waals surface area contributed by atoms with Gasteiger partial charge in [-0.05, 0) is 36.2 Å². The first-order valence-electron chi connectivity index (χ1n) is 6.37. The van der Waals surface area contributed by atoms with Crippen molar-refractivity contribution >= 4 is 27.7 Å². The lowest BCUT2D eigenvalue weighted by atomic mass is 9.83. The van der Waals surface area contributed by atoms with Crippen molar-refractivity contribution in [3.63, 3.8) is 0 Å². The molecule has 0 rings (SSSR count). The van der Waals surface area contributed by atoms with Gasteiger partial charge in [-0.2, -0.15) is 11.8 Å². The fourth-order valence-corrected chi connectivity index (χ4v) is 4.41. The van der Waals surface area contributed by atoms with Crippen LogP contribution in [0.3, 0.4) is 0 Å². The Balaban J connectivity index is 3.89. The van der Waals surface area contributed by atoms with Gasteiger partial charge in [-0.25, -0.2) is 0 Å². The fraction of sp³-hybridized carbons (Fsp3) is 1.00. The lowest BCUT2D eigenvalue weighted by Gasteiger charge is -2.31. The van der Waals surface area contributed by atoms with E-state index in [4.69, 9.17) is 4.74 Å². The zero-order valence-corrected chi connectivity index (χ0v) is 13.5. The van der Waals surface area contributed by atoms with Crippen molar-refractivity contribution in [2.24, 2.45) is 5.41 Å². The third kappa shape index (κ3) is 7.18. The number of methoxy groups -OCH3 is 1. The molecule has 0 aliphatic heterocycles. The van der Waals surface area contributed by atoms with Crippen LogP contribution in [0, 0.1) is 5.41 Å². The van der Waals surface area contributed by atoms with Gasteiger partial charge < -0.3 is 4.74 Å². The number of thioether (sulfide) groups is 1. The largest absolute Gasteiger partial charge is 0.385 e. The van der Waals surface area contributed by atoms with Gasteiger partial charge in [0.05, 0.1) is 0 Å². The zero-order chi connectivity index (χ0) is 12.3. The number of hydrogen-bond acceptors (Lipinski definition) is 2. The molecule has 0 unspecified atom stereocenters. The van der Waals surface area contributed by atoms with Crippen LogP contribution in [0.15, 0.2) is 0 Å². The summed E-state index contributed by atoms with van der Waals surface area (Å²) in [6.45, 7) is 5.49. The van der Waals surface area contributed by atoms with Gasteiger partial charge in [0.25, 0.3) is 0 Å². The third-order valence-corrected chi connectivity index (χ3v) is 5.47. The van der Waals surface area contributed by atoms with Gasteiger partial charge in [0.15, 0.2) is 0 Å².